The molecule has 0 aliphatic carbocycles. The van der Waals surface area contributed by atoms with E-state index in [1.54, 1.807) is 0 Å². The van der Waals surface area contributed by atoms with Crippen LogP contribution in [0.25, 0.3) is 0 Å². The molecule has 1 amide bonds. The van der Waals surface area contributed by atoms with Gasteiger partial charge in [0.15, 0.2) is 0 Å². The Labute approximate surface area is 119 Å². The molecule has 1 heterocycles. The van der Waals surface area contributed by atoms with Gasteiger partial charge in [-0.05, 0) is 37.6 Å². The van der Waals surface area contributed by atoms with Gasteiger partial charge in [0, 0.05) is 25.6 Å². The van der Waals surface area contributed by atoms with E-state index in [4.69, 9.17) is 0 Å². The molecule has 1 saturated heterocycles. The van der Waals surface area contributed by atoms with E-state index >= 15 is 0 Å². The van der Waals surface area contributed by atoms with Crippen molar-refractivity contribution in [2.45, 2.75) is 65.8 Å². The average molecular weight is 268 g/mol. The van der Waals surface area contributed by atoms with Gasteiger partial charge in [0.2, 0.25) is 5.91 Å². The van der Waals surface area contributed by atoms with Crippen molar-refractivity contribution >= 4 is 5.91 Å². The predicted octanol–water partition coefficient (Wildman–Crippen LogP) is 3.05. The van der Waals surface area contributed by atoms with E-state index in [1.807, 2.05) is 7.05 Å². The van der Waals surface area contributed by atoms with Crippen LogP contribution in [0.1, 0.15) is 59.8 Å². The number of nitrogens with one attached hydrogen (secondary N) is 1. The summed E-state index contributed by atoms with van der Waals surface area (Å²) >= 11 is 0. The first-order valence-corrected chi connectivity index (χ1v) is 7.83. The van der Waals surface area contributed by atoms with Crippen LogP contribution in [0.5, 0.6) is 0 Å². The van der Waals surface area contributed by atoms with Crippen molar-refractivity contribution in [2.24, 2.45) is 11.3 Å². The lowest BCUT2D eigenvalue weighted by molar-refractivity contribution is -0.131. The zero-order valence-electron chi connectivity index (χ0n) is 13.5. The Morgan fingerprint density at radius 2 is 2.05 bits per heavy atom. The van der Waals surface area contributed by atoms with Gasteiger partial charge in [-0.15, -0.1) is 0 Å². The second kappa shape index (κ2) is 7.28. The molecule has 0 spiro atoms. The van der Waals surface area contributed by atoms with E-state index in [0.29, 0.717) is 23.3 Å². The van der Waals surface area contributed by atoms with Crippen molar-refractivity contribution in [2.75, 3.05) is 20.1 Å². The molecule has 1 rings (SSSR count). The molecule has 1 N–H and O–H groups in total. The molecule has 2 unspecified atom stereocenters. The van der Waals surface area contributed by atoms with Crippen LogP contribution in [0.15, 0.2) is 0 Å². The lowest BCUT2D eigenvalue weighted by Gasteiger charge is -2.30. The minimum absolute atomic E-state index is 0.322. The van der Waals surface area contributed by atoms with Gasteiger partial charge in [0.1, 0.15) is 0 Å². The highest BCUT2D eigenvalue weighted by atomic mass is 16.2. The zero-order valence-corrected chi connectivity index (χ0v) is 13.5. The Balaban J connectivity index is 2.58. The molecular weight excluding hydrogens is 236 g/mol. The smallest absolute Gasteiger partial charge is 0.222 e. The van der Waals surface area contributed by atoms with E-state index in [1.165, 1.54) is 0 Å². The summed E-state index contributed by atoms with van der Waals surface area (Å²) in [5.41, 5.74) is 0.322. The van der Waals surface area contributed by atoms with Gasteiger partial charge in [-0.1, -0.05) is 34.1 Å². The first-order valence-electron chi connectivity index (χ1n) is 7.83. The number of nitrogens with zero attached hydrogens (tertiary/aromatic N) is 1. The molecule has 1 aliphatic rings. The number of hydrogen-bond acceptors (Lipinski definition) is 2. The van der Waals surface area contributed by atoms with Crippen molar-refractivity contribution in [1.82, 2.24) is 10.2 Å². The summed E-state index contributed by atoms with van der Waals surface area (Å²) in [5.74, 6) is 1.02. The van der Waals surface area contributed by atoms with Crippen LogP contribution in [0.4, 0.5) is 0 Å². The molecule has 0 radical (unpaired) electrons. The van der Waals surface area contributed by atoms with Crippen LogP contribution in [-0.2, 0) is 4.79 Å². The number of amides is 1. The fourth-order valence-electron chi connectivity index (χ4n) is 3.04. The maximum absolute atomic E-state index is 12.2. The zero-order chi connectivity index (χ0) is 14.5. The van der Waals surface area contributed by atoms with Crippen LogP contribution in [0.3, 0.4) is 0 Å². The van der Waals surface area contributed by atoms with E-state index < -0.39 is 0 Å². The second-order valence-electron chi connectivity index (χ2n) is 7.00. The summed E-state index contributed by atoms with van der Waals surface area (Å²) in [6.45, 7) is 10.9. The summed E-state index contributed by atoms with van der Waals surface area (Å²) in [7, 11) is 2.00. The van der Waals surface area contributed by atoms with Gasteiger partial charge in [-0.25, -0.2) is 0 Å². The molecule has 19 heavy (non-hydrogen) atoms. The molecule has 0 aromatic heterocycles. The maximum atomic E-state index is 12.2. The third kappa shape index (κ3) is 5.13. The van der Waals surface area contributed by atoms with E-state index in [9.17, 15) is 4.79 Å². The number of carbonyl (C=O) groups is 1. The van der Waals surface area contributed by atoms with Crippen LogP contribution in [0.2, 0.25) is 0 Å². The molecule has 0 aromatic rings. The third-order valence-electron chi connectivity index (χ3n) is 4.52. The summed E-state index contributed by atoms with van der Waals surface area (Å²) in [6.07, 6.45) is 5.24. The predicted molar refractivity (Wildman–Crippen MR) is 81.1 cm³/mol. The fourth-order valence-corrected chi connectivity index (χ4v) is 3.04. The van der Waals surface area contributed by atoms with Gasteiger partial charge < -0.3 is 10.2 Å². The molecule has 0 aromatic carbocycles. The van der Waals surface area contributed by atoms with Crippen molar-refractivity contribution in [3.05, 3.63) is 0 Å². The molecule has 3 nitrogen and oxygen atoms in total. The van der Waals surface area contributed by atoms with Crippen LogP contribution in [0, 0.1) is 11.3 Å². The second-order valence-corrected chi connectivity index (χ2v) is 7.00. The van der Waals surface area contributed by atoms with Crippen LogP contribution < -0.4 is 5.32 Å². The molecule has 0 bridgehead atoms. The van der Waals surface area contributed by atoms with Gasteiger partial charge in [-0.2, -0.15) is 0 Å². The van der Waals surface area contributed by atoms with Crippen molar-refractivity contribution in [3.8, 4) is 0 Å². The first kappa shape index (κ1) is 16.5. The number of rotatable bonds is 5. The molecule has 0 saturated carbocycles. The van der Waals surface area contributed by atoms with E-state index in [0.717, 1.165) is 45.2 Å². The van der Waals surface area contributed by atoms with Crippen LogP contribution in [-0.4, -0.2) is 37.0 Å². The molecular formula is C16H32N2O. The molecule has 112 valence electrons. The quantitative estimate of drug-likeness (QED) is 0.831. The largest absolute Gasteiger partial charge is 0.341 e. The SMILES string of the molecule is CCCC(CN1CCC(C(C)(C)C)CCC1=O)NC. The topological polar surface area (TPSA) is 32.3 Å². The Morgan fingerprint density at radius 3 is 2.58 bits per heavy atom. The Bertz CT molecular complexity index is 283. The van der Waals surface area contributed by atoms with Gasteiger partial charge in [0.25, 0.3) is 0 Å². The first-order chi connectivity index (χ1) is 8.88. The average Bonchev–Trinajstić information content (AvgIpc) is 2.51. The fraction of sp³-hybridized carbons (Fsp3) is 0.938. The number of hydrogen-bond donors (Lipinski definition) is 1. The third-order valence-corrected chi connectivity index (χ3v) is 4.52. The molecule has 1 aliphatic heterocycles. The minimum Gasteiger partial charge on any atom is -0.341 e. The van der Waals surface area contributed by atoms with Gasteiger partial charge in [-0.3, -0.25) is 4.79 Å². The van der Waals surface area contributed by atoms with E-state index in [-0.39, 0.29) is 0 Å². The highest BCUT2D eigenvalue weighted by Crippen LogP contribution is 2.34. The highest BCUT2D eigenvalue weighted by Gasteiger charge is 2.30. The standard InChI is InChI=1S/C16H32N2O/c1-6-7-14(17-5)12-18-11-10-13(16(2,3)4)8-9-15(18)19/h13-14,17H,6-12H2,1-5H3. The molecule has 1 fully saturated rings. The Kier molecular flexibility index (Phi) is 6.31. The normalized spacial score (nSPS) is 23.3. The van der Waals surface area contributed by atoms with Gasteiger partial charge in [0.05, 0.1) is 0 Å². The summed E-state index contributed by atoms with van der Waals surface area (Å²) in [6, 6.07) is 0.445. The number of likely N-dealkylation sites (N-methyl/N-ethyl adjacent to an activating group) is 1. The monoisotopic (exact) mass is 268 g/mol. The summed E-state index contributed by atoms with van der Waals surface area (Å²) < 4.78 is 0. The van der Waals surface area contributed by atoms with Gasteiger partial charge >= 0.3 is 0 Å². The summed E-state index contributed by atoms with van der Waals surface area (Å²) in [5, 5.41) is 3.34. The lowest BCUT2D eigenvalue weighted by atomic mass is 9.77. The maximum Gasteiger partial charge on any atom is 0.222 e. The van der Waals surface area contributed by atoms with Crippen molar-refractivity contribution in [3.63, 3.8) is 0 Å². The van der Waals surface area contributed by atoms with E-state index in [2.05, 4.69) is 37.9 Å². The Hall–Kier alpha value is -0.570. The highest BCUT2D eigenvalue weighted by molar-refractivity contribution is 5.76. The molecule has 2 atom stereocenters. The van der Waals surface area contributed by atoms with Crippen molar-refractivity contribution in [1.29, 1.82) is 0 Å². The minimum atomic E-state index is 0.322. The van der Waals surface area contributed by atoms with Crippen LogP contribution >= 0.6 is 0 Å². The lowest BCUT2D eigenvalue weighted by Crippen LogP contribution is -2.42. The number of likely N-dealkylation sites (tertiary alicyclic amines) is 1. The molecule has 3 heteroatoms. The number of carbonyl (C=O) groups excluding carboxylic acids is 1. The Morgan fingerprint density at radius 1 is 1.37 bits per heavy atom. The summed E-state index contributed by atoms with van der Waals surface area (Å²) in [4.78, 5) is 14.3. The van der Waals surface area contributed by atoms with Crippen molar-refractivity contribution < 1.29 is 4.79 Å².